The van der Waals surface area contributed by atoms with Gasteiger partial charge in [-0.2, -0.15) is 12.5 Å². The van der Waals surface area contributed by atoms with Crippen molar-refractivity contribution >= 4 is 11.6 Å². The Labute approximate surface area is 156 Å². The standard InChI is InChI=1S/C16H21N2O3.Y/c1-9-10(2)12(4)14(13(5)11(9)3)15(17-19-6)16-18-21-8-7-20-16;/h4,7-8H2,1-3,5-6H3;/q-1;. The van der Waals surface area contributed by atoms with Crippen molar-refractivity contribution in [2.45, 2.75) is 27.7 Å². The molecule has 0 unspecified atom stereocenters. The molecule has 0 saturated heterocycles. The number of hydrogen-bond donors (Lipinski definition) is 0. The van der Waals surface area contributed by atoms with Crippen molar-refractivity contribution in [3.05, 3.63) is 40.3 Å². The van der Waals surface area contributed by atoms with Gasteiger partial charge >= 0.3 is 0 Å². The zero-order valence-electron chi connectivity index (χ0n) is 13.8. The first-order chi connectivity index (χ1) is 9.99. The largest absolute Gasteiger partial charge is 0.471 e. The molecule has 0 N–H and O–H groups in total. The Morgan fingerprint density at radius 3 is 2.27 bits per heavy atom. The van der Waals surface area contributed by atoms with Crippen molar-refractivity contribution < 1.29 is 47.1 Å². The first kappa shape index (κ1) is 19.0. The second-order valence-corrected chi connectivity index (χ2v) is 5.05. The normalized spacial score (nSPS) is 14.4. The van der Waals surface area contributed by atoms with Gasteiger partial charge in [0.2, 0.25) is 0 Å². The minimum atomic E-state index is 0. The van der Waals surface area contributed by atoms with Gasteiger partial charge < -0.3 is 14.4 Å². The number of hydrogen-bond acceptors (Lipinski definition) is 5. The van der Waals surface area contributed by atoms with Crippen LogP contribution < -0.4 is 0 Å². The topological polar surface area (TPSA) is 52.4 Å². The zero-order chi connectivity index (χ0) is 15.6. The van der Waals surface area contributed by atoms with E-state index in [0.717, 1.165) is 22.3 Å². The van der Waals surface area contributed by atoms with E-state index < -0.39 is 0 Å². The van der Waals surface area contributed by atoms with Crippen molar-refractivity contribution in [1.82, 2.24) is 0 Å². The third-order valence-corrected chi connectivity index (χ3v) is 4.00. The van der Waals surface area contributed by atoms with E-state index in [-0.39, 0.29) is 32.7 Å². The minimum absolute atomic E-state index is 0. The smallest absolute Gasteiger partial charge is 0.267 e. The van der Waals surface area contributed by atoms with Gasteiger partial charge in [-0.15, -0.1) is 11.1 Å². The molecule has 5 nitrogen and oxygen atoms in total. The maximum Gasteiger partial charge on any atom is 0.267 e. The van der Waals surface area contributed by atoms with Crippen LogP contribution >= 0.6 is 0 Å². The molecule has 1 aliphatic rings. The summed E-state index contributed by atoms with van der Waals surface area (Å²) in [6.07, 6.45) is 0. The molecule has 117 valence electrons. The molecule has 6 heteroatoms. The Morgan fingerprint density at radius 2 is 1.73 bits per heavy atom. The molecule has 1 aromatic rings. The molecule has 0 fully saturated rings. The van der Waals surface area contributed by atoms with Gasteiger partial charge in [0.25, 0.3) is 5.90 Å². The molecule has 1 heterocycles. The summed E-state index contributed by atoms with van der Waals surface area (Å²) in [6.45, 7) is 13.4. The molecule has 0 aliphatic carbocycles. The summed E-state index contributed by atoms with van der Waals surface area (Å²) in [6, 6.07) is 0. The van der Waals surface area contributed by atoms with Gasteiger partial charge in [-0.3, -0.25) is 0 Å². The Kier molecular flexibility index (Phi) is 6.88. The van der Waals surface area contributed by atoms with Gasteiger partial charge in [0.05, 0.1) is 0 Å². The molecule has 0 amide bonds. The van der Waals surface area contributed by atoms with E-state index in [2.05, 4.69) is 38.0 Å². The van der Waals surface area contributed by atoms with Crippen LogP contribution in [0.5, 0.6) is 0 Å². The second-order valence-electron chi connectivity index (χ2n) is 5.05. The van der Waals surface area contributed by atoms with Crippen LogP contribution in [0, 0.1) is 34.6 Å². The van der Waals surface area contributed by atoms with Crippen LogP contribution in [-0.4, -0.2) is 31.9 Å². The third-order valence-electron chi connectivity index (χ3n) is 4.00. The van der Waals surface area contributed by atoms with Crippen molar-refractivity contribution in [2.75, 3.05) is 20.3 Å². The molecule has 22 heavy (non-hydrogen) atoms. The Bertz CT molecular complexity index is 595. The zero-order valence-corrected chi connectivity index (χ0v) is 16.7. The molecule has 0 saturated carbocycles. The fraction of sp³-hybridized carbons (Fsp3) is 0.438. The number of nitrogens with zero attached hydrogens (tertiary/aromatic N) is 2. The molecule has 2 rings (SSSR count). The summed E-state index contributed by atoms with van der Waals surface area (Å²) in [4.78, 5) is 10.1. The predicted octanol–water partition coefficient (Wildman–Crippen LogP) is 2.81. The predicted molar refractivity (Wildman–Crippen MR) is 82.7 cm³/mol. The SMILES string of the molecule is [CH2-]c1c(C)c(C)c(C)c(C)c1C(=NOC)C1=NOCCO1.[Y]. The minimum Gasteiger partial charge on any atom is -0.471 e. The van der Waals surface area contributed by atoms with Crippen LogP contribution in [0.4, 0.5) is 0 Å². The fourth-order valence-electron chi connectivity index (χ4n) is 2.41. The summed E-state index contributed by atoms with van der Waals surface area (Å²) >= 11 is 0. The van der Waals surface area contributed by atoms with Crippen molar-refractivity contribution in [3.8, 4) is 0 Å². The van der Waals surface area contributed by atoms with Crippen LogP contribution in [0.2, 0.25) is 0 Å². The first-order valence-corrected chi connectivity index (χ1v) is 6.86. The summed E-state index contributed by atoms with van der Waals surface area (Å²) in [5.74, 6) is 0.332. The Hall–Kier alpha value is -1.07. The molecular weight excluding hydrogens is 357 g/mol. The van der Waals surface area contributed by atoms with E-state index in [1.54, 1.807) is 0 Å². The van der Waals surface area contributed by atoms with Crippen LogP contribution in [0.25, 0.3) is 0 Å². The van der Waals surface area contributed by atoms with Crippen LogP contribution in [0.1, 0.15) is 33.4 Å². The second kappa shape index (κ2) is 7.98. The molecule has 0 spiro atoms. The molecule has 1 aromatic carbocycles. The summed E-state index contributed by atoms with van der Waals surface area (Å²) in [5, 5.41) is 8.04. The van der Waals surface area contributed by atoms with E-state index in [9.17, 15) is 0 Å². The monoisotopic (exact) mass is 378 g/mol. The van der Waals surface area contributed by atoms with E-state index >= 15 is 0 Å². The van der Waals surface area contributed by atoms with Crippen molar-refractivity contribution in [3.63, 3.8) is 0 Å². The van der Waals surface area contributed by atoms with Crippen LogP contribution in [0.15, 0.2) is 10.3 Å². The number of benzene rings is 1. The third kappa shape index (κ3) is 3.46. The van der Waals surface area contributed by atoms with Crippen molar-refractivity contribution in [1.29, 1.82) is 0 Å². The average Bonchev–Trinajstić information content (AvgIpc) is 2.51. The van der Waals surface area contributed by atoms with Crippen molar-refractivity contribution in [2.24, 2.45) is 10.3 Å². The van der Waals surface area contributed by atoms with E-state index in [4.69, 9.17) is 14.4 Å². The van der Waals surface area contributed by atoms with Gasteiger partial charge in [0, 0.05) is 32.7 Å². The van der Waals surface area contributed by atoms with E-state index in [1.807, 2.05) is 6.92 Å². The van der Waals surface area contributed by atoms with Crippen LogP contribution in [-0.2, 0) is 47.1 Å². The quantitative estimate of drug-likeness (QED) is 0.462. The molecule has 1 aliphatic heterocycles. The average molecular weight is 378 g/mol. The molecule has 1 radical (unpaired) electrons. The summed E-state index contributed by atoms with van der Waals surface area (Å²) in [5.41, 5.74) is 6.98. The van der Waals surface area contributed by atoms with Gasteiger partial charge in [-0.05, 0) is 12.1 Å². The van der Waals surface area contributed by atoms with E-state index in [0.29, 0.717) is 24.8 Å². The number of rotatable bonds is 3. The Balaban J connectivity index is 0.00000242. The maximum absolute atomic E-state index is 5.55. The van der Waals surface area contributed by atoms with Crippen LogP contribution in [0.3, 0.4) is 0 Å². The molecule has 0 aromatic heterocycles. The van der Waals surface area contributed by atoms with Gasteiger partial charge in [0.15, 0.2) is 6.61 Å². The Morgan fingerprint density at radius 1 is 1.09 bits per heavy atom. The molecular formula is C16H21N2O3Y-. The number of ether oxygens (including phenoxy) is 1. The van der Waals surface area contributed by atoms with Gasteiger partial charge in [-0.1, -0.05) is 42.6 Å². The number of oxime groups is 2. The van der Waals surface area contributed by atoms with Gasteiger partial charge in [0.1, 0.15) is 19.4 Å². The fourth-order valence-corrected chi connectivity index (χ4v) is 2.41. The summed E-state index contributed by atoms with van der Waals surface area (Å²) < 4.78 is 5.55. The molecule has 0 atom stereocenters. The van der Waals surface area contributed by atoms with E-state index in [1.165, 1.54) is 18.2 Å². The summed E-state index contributed by atoms with van der Waals surface area (Å²) in [7, 11) is 1.50. The molecule has 0 bridgehead atoms. The first-order valence-electron chi connectivity index (χ1n) is 6.86. The van der Waals surface area contributed by atoms with Gasteiger partial charge in [-0.25, -0.2) is 0 Å². The maximum atomic E-state index is 5.55.